The summed E-state index contributed by atoms with van der Waals surface area (Å²) in [6, 6.07) is 0. The van der Waals surface area contributed by atoms with Crippen molar-refractivity contribution in [3.05, 3.63) is 44.5 Å². The van der Waals surface area contributed by atoms with E-state index < -0.39 is 47.7 Å². The van der Waals surface area contributed by atoms with Crippen LogP contribution < -0.4 is 0 Å². The first kappa shape index (κ1) is 31.0. The minimum Gasteiger partial charge on any atom is -0.458 e. The predicted molar refractivity (Wildman–Crippen MR) is 125 cm³/mol. The molecule has 0 radical (unpaired) electrons. The number of ether oxygens (including phenoxy) is 1. The van der Waals surface area contributed by atoms with Crippen LogP contribution in [0.15, 0.2) is 24.3 Å². The second-order valence-corrected chi connectivity index (χ2v) is 8.62. The molecule has 1 aliphatic rings. The van der Waals surface area contributed by atoms with E-state index in [0.29, 0.717) is 25.7 Å². The molecule has 0 aromatic heterocycles. The molecule has 0 bridgehead atoms. The highest BCUT2D eigenvalue weighted by Crippen LogP contribution is 2.33. The summed E-state index contributed by atoms with van der Waals surface area (Å²) in [5, 5.41) is 38.7. The van der Waals surface area contributed by atoms with Gasteiger partial charge in [-0.05, 0) is 25.7 Å². The van der Waals surface area contributed by atoms with Crippen LogP contribution >= 0.6 is 0 Å². The van der Waals surface area contributed by atoms with Crippen LogP contribution in [0.3, 0.4) is 0 Å². The Morgan fingerprint density at radius 1 is 1.14 bits per heavy atom. The molecule has 2 N–H and O–H groups in total. The Balaban J connectivity index is 2.43. The largest absolute Gasteiger partial charge is 0.458 e. The first-order valence-electron chi connectivity index (χ1n) is 12.1. The number of unbranched alkanes of at least 4 members (excludes halogenated alkanes) is 3. The lowest BCUT2D eigenvalue weighted by Crippen LogP contribution is -2.30. The van der Waals surface area contributed by atoms with Crippen molar-refractivity contribution < 1.29 is 44.4 Å². The van der Waals surface area contributed by atoms with Crippen LogP contribution in [0.5, 0.6) is 0 Å². The van der Waals surface area contributed by atoms with Crippen molar-refractivity contribution in [2.75, 3.05) is 13.2 Å². The van der Waals surface area contributed by atoms with Crippen molar-refractivity contribution in [3.8, 4) is 0 Å². The highest BCUT2D eigenvalue weighted by atomic mass is 17.0. The number of carbonyl (C=O) groups excluding carboxylic acids is 2. The summed E-state index contributed by atoms with van der Waals surface area (Å²) in [6.07, 6.45) is 9.27. The van der Waals surface area contributed by atoms with Gasteiger partial charge in [0.25, 0.3) is 10.2 Å². The number of hydrogen-bond donors (Lipinski definition) is 2. The van der Waals surface area contributed by atoms with Crippen molar-refractivity contribution >= 4 is 11.8 Å². The molecule has 13 nitrogen and oxygen atoms in total. The van der Waals surface area contributed by atoms with E-state index in [9.17, 15) is 40.0 Å². The summed E-state index contributed by atoms with van der Waals surface area (Å²) in [6.45, 7) is 0.690. The Morgan fingerprint density at radius 3 is 2.42 bits per heavy atom. The molecule has 0 spiro atoms. The van der Waals surface area contributed by atoms with E-state index in [-0.39, 0.29) is 30.5 Å². The molecule has 0 unspecified atom stereocenters. The van der Waals surface area contributed by atoms with Crippen LogP contribution in [0, 0.1) is 32.1 Å². The zero-order valence-electron chi connectivity index (χ0n) is 20.4. The quantitative estimate of drug-likeness (QED) is 0.0843. The molecule has 1 fully saturated rings. The van der Waals surface area contributed by atoms with Gasteiger partial charge in [0, 0.05) is 24.7 Å². The van der Waals surface area contributed by atoms with E-state index in [4.69, 9.17) is 4.74 Å². The Bertz CT molecular complexity index is 753. The number of nitrogens with zero attached hydrogens (tertiary/aromatic N) is 2. The first-order chi connectivity index (χ1) is 17.1. The molecule has 0 aliphatic heterocycles. The van der Waals surface area contributed by atoms with E-state index in [1.54, 1.807) is 18.2 Å². The molecule has 13 heteroatoms. The van der Waals surface area contributed by atoms with Crippen LogP contribution in [0.4, 0.5) is 0 Å². The van der Waals surface area contributed by atoms with Gasteiger partial charge in [-0.25, -0.2) is 0 Å². The first-order valence-corrected chi connectivity index (χ1v) is 12.1. The fraction of sp³-hybridized carbons (Fsp3) is 0.739. The Morgan fingerprint density at radius 2 is 1.81 bits per heavy atom. The van der Waals surface area contributed by atoms with Crippen molar-refractivity contribution in [3.63, 3.8) is 0 Å². The summed E-state index contributed by atoms with van der Waals surface area (Å²) < 4.78 is 4.93. The third-order valence-corrected chi connectivity index (χ3v) is 5.73. The average molecular weight is 517 g/mol. The van der Waals surface area contributed by atoms with E-state index in [1.165, 1.54) is 0 Å². The second kappa shape index (κ2) is 17.4. The minimum absolute atomic E-state index is 0.0363. The maximum Gasteiger partial charge on any atom is 0.306 e. The third-order valence-electron chi connectivity index (χ3n) is 5.73. The van der Waals surface area contributed by atoms with Crippen LogP contribution in [0.25, 0.3) is 0 Å². The standard InChI is InChI=1S/C23H36N2O11/c1-2-3-6-9-17(26)12-13-20-19(21(27)14-22(20)28)10-7-4-5-8-11-23(29)36-18(15-34-24(30)31)16-35-25(32)33/h4,7,12-13,17-20,22,26,28H,2-3,5-6,8-11,14-16H2,1H3/b7-4-,13-12+/t17-,19+,20+,22-/m0/s1. The Labute approximate surface area is 209 Å². The molecular weight excluding hydrogens is 480 g/mol. The van der Waals surface area contributed by atoms with E-state index >= 15 is 0 Å². The SMILES string of the molecule is CCCCC[C@H](O)/C=C/[C@H]1[C@@H](O)CC(=O)[C@@H]1C/C=C\CCCC(=O)OC(CO[N+](=O)[O-])CO[N+](=O)[O-]. The van der Waals surface area contributed by atoms with Gasteiger partial charge in [0.2, 0.25) is 0 Å². The topological polar surface area (TPSA) is 189 Å². The van der Waals surface area contributed by atoms with Crippen LogP contribution in [0.1, 0.15) is 64.7 Å². The van der Waals surface area contributed by atoms with Crippen LogP contribution in [-0.4, -0.2) is 63.7 Å². The predicted octanol–water partition coefficient (Wildman–Crippen LogP) is 2.49. The zero-order chi connectivity index (χ0) is 26.9. The number of ketones is 1. The maximum absolute atomic E-state index is 12.3. The highest BCUT2D eigenvalue weighted by Gasteiger charge is 2.39. The van der Waals surface area contributed by atoms with Crippen molar-refractivity contribution in [2.24, 2.45) is 11.8 Å². The summed E-state index contributed by atoms with van der Waals surface area (Å²) in [7, 11) is 0. The van der Waals surface area contributed by atoms with E-state index in [2.05, 4.69) is 16.6 Å². The number of carbonyl (C=O) groups is 2. The third kappa shape index (κ3) is 13.1. The zero-order valence-corrected chi connectivity index (χ0v) is 20.4. The highest BCUT2D eigenvalue weighted by molar-refractivity contribution is 5.84. The number of esters is 1. The number of Topliss-reactive ketones (excluding diaryl/α,β-unsaturated/α-hetero) is 1. The Hall–Kier alpha value is -3.06. The number of allylic oxidation sites excluding steroid dienone is 2. The van der Waals surface area contributed by atoms with Gasteiger partial charge in [0.15, 0.2) is 0 Å². The van der Waals surface area contributed by atoms with Crippen LogP contribution in [-0.2, 0) is 24.0 Å². The second-order valence-electron chi connectivity index (χ2n) is 8.62. The molecule has 0 amide bonds. The molecule has 0 heterocycles. The smallest absolute Gasteiger partial charge is 0.306 e. The molecule has 0 aromatic rings. The molecule has 1 saturated carbocycles. The molecule has 36 heavy (non-hydrogen) atoms. The van der Waals surface area contributed by atoms with Crippen molar-refractivity contribution in [1.82, 2.24) is 0 Å². The summed E-state index contributed by atoms with van der Waals surface area (Å²) in [5.41, 5.74) is 0. The molecule has 0 saturated heterocycles. The lowest BCUT2D eigenvalue weighted by molar-refractivity contribution is -0.768. The number of aliphatic hydroxyl groups is 2. The van der Waals surface area contributed by atoms with Gasteiger partial charge in [-0.3, -0.25) is 9.59 Å². The number of rotatable bonds is 19. The lowest BCUT2D eigenvalue weighted by Gasteiger charge is -2.16. The van der Waals surface area contributed by atoms with Crippen molar-refractivity contribution in [1.29, 1.82) is 0 Å². The number of aliphatic hydroxyl groups excluding tert-OH is 2. The molecule has 1 rings (SSSR count). The molecule has 0 aromatic carbocycles. The van der Waals surface area contributed by atoms with Gasteiger partial charge >= 0.3 is 5.97 Å². The fourth-order valence-electron chi connectivity index (χ4n) is 3.86. The van der Waals surface area contributed by atoms with Crippen LogP contribution in [0.2, 0.25) is 0 Å². The lowest BCUT2D eigenvalue weighted by atomic mass is 9.90. The summed E-state index contributed by atoms with van der Waals surface area (Å²) in [5.74, 6) is -1.50. The van der Waals surface area contributed by atoms with E-state index in [1.807, 2.05) is 6.08 Å². The van der Waals surface area contributed by atoms with Gasteiger partial charge in [0.1, 0.15) is 25.1 Å². The minimum atomic E-state index is -1.31. The monoisotopic (exact) mass is 516 g/mol. The maximum atomic E-state index is 12.3. The van der Waals surface area contributed by atoms with Gasteiger partial charge in [0.05, 0.1) is 12.2 Å². The molecule has 1 aliphatic carbocycles. The molecule has 204 valence electrons. The average Bonchev–Trinajstić information content (AvgIpc) is 3.08. The van der Waals surface area contributed by atoms with Gasteiger partial charge in [-0.2, -0.15) is 0 Å². The van der Waals surface area contributed by atoms with E-state index in [0.717, 1.165) is 19.3 Å². The number of hydrogen-bond acceptors (Lipinski definition) is 11. The Kier molecular flexibility index (Phi) is 15.0. The van der Waals surface area contributed by atoms with Gasteiger partial charge in [-0.1, -0.05) is 50.5 Å². The normalized spacial score (nSPS) is 20.8. The van der Waals surface area contributed by atoms with Gasteiger partial charge in [-0.15, -0.1) is 20.2 Å². The fourth-order valence-corrected chi connectivity index (χ4v) is 3.86. The molecular formula is C23H36N2O11. The summed E-state index contributed by atoms with van der Waals surface area (Å²) >= 11 is 0. The summed E-state index contributed by atoms with van der Waals surface area (Å²) in [4.78, 5) is 53.0. The van der Waals surface area contributed by atoms with Crippen molar-refractivity contribution in [2.45, 2.75) is 83.0 Å². The molecule has 4 atom stereocenters. The van der Waals surface area contributed by atoms with Gasteiger partial charge < -0.3 is 24.6 Å².